The SMILES string of the molecule is CC/C=C\C/C=C\C/C=C\C/C=C\C/C=C\CCOCC(COC(=O)CCCCCCCCC/C=C\C/C=C\CCCCC)OC(=O)CCCCCCC/C=C\CCCC. The second-order valence-electron chi connectivity index (χ2n) is 16.0. The maximum atomic E-state index is 12.7. The minimum absolute atomic E-state index is 0.0434. The molecule has 5 heteroatoms. The highest BCUT2D eigenvalue weighted by Crippen LogP contribution is 2.13. The van der Waals surface area contributed by atoms with Crippen molar-refractivity contribution >= 4 is 11.9 Å². The van der Waals surface area contributed by atoms with Crippen molar-refractivity contribution in [2.45, 2.75) is 219 Å². The van der Waals surface area contributed by atoms with E-state index in [1.165, 1.54) is 89.9 Å². The molecule has 1 unspecified atom stereocenters. The zero-order valence-corrected chi connectivity index (χ0v) is 39.2. The summed E-state index contributed by atoms with van der Waals surface area (Å²) in [5, 5.41) is 0. The van der Waals surface area contributed by atoms with E-state index in [1.807, 2.05) is 0 Å². The third-order valence-electron chi connectivity index (χ3n) is 10.1. The first-order valence-corrected chi connectivity index (χ1v) is 24.8. The summed E-state index contributed by atoms with van der Waals surface area (Å²) in [6, 6.07) is 0. The van der Waals surface area contributed by atoms with Gasteiger partial charge in [0.1, 0.15) is 6.61 Å². The van der Waals surface area contributed by atoms with Crippen molar-refractivity contribution in [3.8, 4) is 0 Å². The van der Waals surface area contributed by atoms with Crippen molar-refractivity contribution < 1.29 is 23.8 Å². The molecule has 0 amide bonds. The van der Waals surface area contributed by atoms with Crippen LogP contribution in [0.5, 0.6) is 0 Å². The van der Waals surface area contributed by atoms with E-state index in [-0.39, 0.29) is 25.2 Å². The van der Waals surface area contributed by atoms with Crippen molar-refractivity contribution in [3.05, 3.63) is 97.2 Å². The Labute approximate surface area is 371 Å². The molecule has 0 radical (unpaired) electrons. The summed E-state index contributed by atoms with van der Waals surface area (Å²) in [4.78, 5) is 25.3. The molecule has 0 N–H and O–H groups in total. The molecule has 342 valence electrons. The van der Waals surface area contributed by atoms with E-state index in [9.17, 15) is 9.59 Å². The summed E-state index contributed by atoms with van der Waals surface area (Å²) < 4.78 is 17.2. The second kappa shape index (κ2) is 50.2. The molecule has 0 aliphatic carbocycles. The fraction of sp³-hybridized carbons (Fsp3) is 0.673. The lowest BCUT2D eigenvalue weighted by molar-refractivity contribution is -0.162. The summed E-state index contributed by atoms with van der Waals surface area (Å²) in [5.41, 5.74) is 0. The maximum absolute atomic E-state index is 12.7. The summed E-state index contributed by atoms with van der Waals surface area (Å²) >= 11 is 0. The Balaban J connectivity index is 4.38. The summed E-state index contributed by atoms with van der Waals surface area (Å²) in [7, 11) is 0. The number of hydrogen-bond acceptors (Lipinski definition) is 5. The lowest BCUT2D eigenvalue weighted by atomic mass is 10.1. The first-order valence-electron chi connectivity index (χ1n) is 24.8. The Kier molecular flexibility index (Phi) is 47.5. The number of esters is 2. The molecule has 5 nitrogen and oxygen atoms in total. The van der Waals surface area contributed by atoms with E-state index >= 15 is 0 Å². The highest BCUT2D eigenvalue weighted by molar-refractivity contribution is 5.70. The van der Waals surface area contributed by atoms with Gasteiger partial charge in [-0.1, -0.05) is 195 Å². The van der Waals surface area contributed by atoms with Gasteiger partial charge < -0.3 is 14.2 Å². The van der Waals surface area contributed by atoms with Crippen molar-refractivity contribution in [1.82, 2.24) is 0 Å². The van der Waals surface area contributed by atoms with E-state index in [1.54, 1.807) is 0 Å². The second-order valence-corrected chi connectivity index (χ2v) is 16.0. The molecule has 0 aromatic heterocycles. The van der Waals surface area contributed by atoms with Gasteiger partial charge in [0, 0.05) is 12.8 Å². The van der Waals surface area contributed by atoms with Crippen LogP contribution in [0.3, 0.4) is 0 Å². The molecule has 0 spiro atoms. The van der Waals surface area contributed by atoms with Gasteiger partial charge in [-0.15, -0.1) is 0 Å². The highest BCUT2D eigenvalue weighted by atomic mass is 16.6. The topological polar surface area (TPSA) is 61.8 Å². The van der Waals surface area contributed by atoms with Crippen molar-refractivity contribution in [2.24, 2.45) is 0 Å². The predicted molar refractivity (Wildman–Crippen MR) is 260 cm³/mol. The molecule has 0 saturated carbocycles. The van der Waals surface area contributed by atoms with Crippen LogP contribution in [0.4, 0.5) is 0 Å². The number of allylic oxidation sites excluding steroid dienone is 15. The Hall–Kier alpha value is -3.18. The molecule has 0 fully saturated rings. The van der Waals surface area contributed by atoms with E-state index in [4.69, 9.17) is 14.2 Å². The van der Waals surface area contributed by atoms with Crippen molar-refractivity contribution in [1.29, 1.82) is 0 Å². The smallest absolute Gasteiger partial charge is 0.306 e. The number of ether oxygens (including phenoxy) is 3. The summed E-state index contributed by atoms with van der Waals surface area (Å²) in [6.45, 7) is 7.42. The molecular weight excluding hydrogens is 741 g/mol. The summed E-state index contributed by atoms with van der Waals surface area (Å²) in [5.74, 6) is -0.463. The van der Waals surface area contributed by atoms with Crippen LogP contribution in [0.25, 0.3) is 0 Å². The van der Waals surface area contributed by atoms with Crippen LogP contribution >= 0.6 is 0 Å². The highest BCUT2D eigenvalue weighted by Gasteiger charge is 2.17. The minimum Gasteiger partial charge on any atom is -0.462 e. The van der Waals surface area contributed by atoms with Gasteiger partial charge in [0.25, 0.3) is 0 Å². The number of rotatable bonds is 44. The Morgan fingerprint density at radius 2 is 0.767 bits per heavy atom. The van der Waals surface area contributed by atoms with Crippen LogP contribution in [-0.2, 0) is 23.8 Å². The van der Waals surface area contributed by atoms with E-state index < -0.39 is 6.10 Å². The van der Waals surface area contributed by atoms with E-state index in [2.05, 4.69) is 118 Å². The largest absolute Gasteiger partial charge is 0.462 e. The Morgan fingerprint density at radius 3 is 1.27 bits per heavy atom. The number of unbranched alkanes of at least 4 members (excludes halogenated alkanes) is 17. The van der Waals surface area contributed by atoms with E-state index in [0.717, 1.165) is 89.9 Å². The summed E-state index contributed by atoms with van der Waals surface area (Å²) in [6.07, 6.45) is 67.2. The van der Waals surface area contributed by atoms with E-state index in [0.29, 0.717) is 19.4 Å². The van der Waals surface area contributed by atoms with Gasteiger partial charge in [0.2, 0.25) is 0 Å². The molecule has 0 rings (SSSR count). The first kappa shape index (κ1) is 56.8. The van der Waals surface area contributed by atoms with Crippen LogP contribution in [0.1, 0.15) is 213 Å². The predicted octanol–water partition coefficient (Wildman–Crippen LogP) is 16.7. The molecule has 0 aliphatic heterocycles. The quantitative estimate of drug-likeness (QED) is 0.0348. The monoisotopic (exact) mass is 833 g/mol. The van der Waals surface area contributed by atoms with Gasteiger partial charge in [-0.2, -0.15) is 0 Å². The molecule has 0 saturated heterocycles. The molecule has 60 heavy (non-hydrogen) atoms. The molecule has 0 aromatic carbocycles. The molecule has 1 atom stereocenters. The van der Waals surface area contributed by atoms with Gasteiger partial charge in [-0.25, -0.2) is 0 Å². The average molecular weight is 833 g/mol. The fourth-order valence-corrected chi connectivity index (χ4v) is 6.41. The van der Waals surface area contributed by atoms with Crippen molar-refractivity contribution in [2.75, 3.05) is 19.8 Å². The Bertz CT molecular complexity index is 1170. The molecule has 0 aromatic rings. The number of carbonyl (C=O) groups excluding carboxylic acids is 2. The lowest BCUT2D eigenvalue weighted by Gasteiger charge is -2.18. The van der Waals surface area contributed by atoms with Crippen LogP contribution in [0, 0.1) is 0 Å². The third-order valence-corrected chi connectivity index (χ3v) is 10.1. The zero-order valence-electron chi connectivity index (χ0n) is 39.2. The Morgan fingerprint density at radius 1 is 0.383 bits per heavy atom. The molecule has 0 aliphatic rings. The van der Waals surface area contributed by atoms with Crippen LogP contribution in [-0.4, -0.2) is 37.9 Å². The fourth-order valence-electron chi connectivity index (χ4n) is 6.41. The third kappa shape index (κ3) is 47.5. The number of carbonyl (C=O) groups is 2. The normalized spacial score (nSPS) is 13.1. The average Bonchev–Trinajstić information content (AvgIpc) is 3.25. The van der Waals surface area contributed by atoms with Crippen LogP contribution in [0.15, 0.2) is 97.2 Å². The first-order chi connectivity index (χ1) is 29.6. The van der Waals surface area contributed by atoms with Gasteiger partial charge in [0.05, 0.1) is 13.2 Å². The molecule has 0 bridgehead atoms. The molecular formula is C55H92O5. The van der Waals surface area contributed by atoms with Gasteiger partial charge in [0.15, 0.2) is 6.10 Å². The standard InChI is InChI=1S/C55H92O5/c1-4-7-10-13-16-19-22-24-26-28-29-31-34-36-39-42-45-48-54(56)59-52-53(60-55(57)49-46-43-40-37-33-21-18-15-12-9-6-3)51-58-50-47-44-41-38-35-32-30-27-25-23-20-17-14-11-8-5-2/h8,11,15-20,24-27,32,35,41,44,53H,4-7,9-10,12-14,21-23,28-31,33-34,36-40,42-43,45-52H2,1-3H3/b11-8-,18-15-,19-16-,20-17-,26-24-,27-25-,35-32-,44-41-. The van der Waals surface area contributed by atoms with Gasteiger partial charge in [-0.05, 0) is 103 Å². The van der Waals surface area contributed by atoms with Crippen LogP contribution in [0.2, 0.25) is 0 Å². The lowest BCUT2D eigenvalue weighted by Crippen LogP contribution is -2.30. The zero-order chi connectivity index (χ0) is 43.5. The van der Waals surface area contributed by atoms with Crippen LogP contribution < -0.4 is 0 Å². The minimum atomic E-state index is -0.587. The molecule has 0 heterocycles. The number of hydrogen-bond donors (Lipinski definition) is 0. The van der Waals surface area contributed by atoms with Crippen molar-refractivity contribution in [3.63, 3.8) is 0 Å². The maximum Gasteiger partial charge on any atom is 0.306 e. The van der Waals surface area contributed by atoms with Gasteiger partial charge in [-0.3, -0.25) is 9.59 Å². The van der Waals surface area contributed by atoms with Gasteiger partial charge >= 0.3 is 11.9 Å².